The van der Waals surface area contributed by atoms with Crippen molar-refractivity contribution < 1.29 is 13.9 Å². The maximum absolute atomic E-state index is 12.8. The third-order valence-electron chi connectivity index (χ3n) is 4.26. The molecule has 146 valence electrons. The fourth-order valence-electron chi connectivity index (χ4n) is 2.74. The van der Waals surface area contributed by atoms with Crippen molar-refractivity contribution in [3.05, 3.63) is 83.3 Å². The van der Waals surface area contributed by atoms with Gasteiger partial charge in [-0.25, -0.2) is 0 Å². The van der Waals surface area contributed by atoms with Crippen molar-refractivity contribution in [2.24, 2.45) is 0 Å². The first kappa shape index (κ1) is 19.8. The van der Waals surface area contributed by atoms with Gasteiger partial charge in [-0.3, -0.25) is 4.79 Å². The maximum atomic E-state index is 12.8. The lowest BCUT2D eigenvalue weighted by Gasteiger charge is -2.22. The molecule has 3 rings (SSSR count). The van der Waals surface area contributed by atoms with Gasteiger partial charge in [0.2, 0.25) is 0 Å². The van der Waals surface area contributed by atoms with E-state index >= 15 is 0 Å². The van der Waals surface area contributed by atoms with Crippen LogP contribution in [-0.2, 0) is 17.9 Å². The number of ether oxygens (including phenoxy) is 1. The van der Waals surface area contributed by atoms with Crippen LogP contribution in [0.2, 0.25) is 5.02 Å². The number of benzene rings is 2. The highest BCUT2D eigenvalue weighted by molar-refractivity contribution is 6.30. The summed E-state index contributed by atoms with van der Waals surface area (Å²) in [6.45, 7) is 0.767. The van der Waals surface area contributed by atoms with Gasteiger partial charge in [0.25, 0.3) is 5.91 Å². The minimum Gasteiger partial charge on any atom is -0.484 e. The molecular weight excluding hydrogens is 376 g/mol. The summed E-state index contributed by atoms with van der Waals surface area (Å²) in [5.41, 5.74) is 2.14. The number of rotatable bonds is 8. The lowest BCUT2D eigenvalue weighted by molar-refractivity contribution is -0.134. The Bertz CT molecular complexity index is 892. The van der Waals surface area contributed by atoms with E-state index in [0.717, 1.165) is 17.0 Å². The molecule has 0 aliphatic rings. The molecule has 0 atom stereocenters. The van der Waals surface area contributed by atoms with Gasteiger partial charge in [0.05, 0.1) is 12.8 Å². The summed E-state index contributed by atoms with van der Waals surface area (Å²) in [5.74, 6) is 1.16. The lowest BCUT2D eigenvalue weighted by atomic mass is 10.2. The monoisotopic (exact) mass is 398 g/mol. The van der Waals surface area contributed by atoms with Gasteiger partial charge >= 0.3 is 0 Å². The van der Waals surface area contributed by atoms with E-state index in [-0.39, 0.29) is 12.5 Å². The number of furan rings is 1. The number of nitrogens with zero attached hydrogens (tertiary/aromatic N) is 2. The normalized spacial score (nSPS) is 10.5. The van der Waals surface area contributed by atoms with Crippen LogP contribution >= 0.6 is 11.6 Å². The molecular formula is C22H23ClN2O3. The van der Waals surface area contributed by atoms with Crippen LogP contribution in [-0.4, -0.2) is 31.5 Å². The molecule has 28 heavy (non-hydrogen) atoms. The summed E-state index contributed by atoms with van der Waals surface area (Å²) in [4.78, 5) is 16.6. The first-order chi connectivity index (χ1) is 13.5. The van der Waals surface area contributed by atoms with Gasteiger partial charge in [0, 0.05) is 31.4 Å². The molecule has 0 N–H and O–H groups in total. The van der Waals surface area contributed by atoms with Gasteiger partial charge in [0.1, 0.15) is 11.5 Å². The van der Waals surface area contributed by atoms with Crippen LogP contribution in [0, 0.1) is 0 Å². The predicted molar refractivity (Wildman–Crippen MR) is 111 cm³/mol. The van der Waals surface area contributed by atoms with E-state index in [9.17, 15) is 4.79 Å². The van der Waals surface area contributed by atoms with Crippen LogP contribution in [0.3, 0.4) is 0 Å². The molecule has 1 amide bonds. The Kier molecular flexibility index (Phi) is 6.61. The second-order valence-corrected chi connectivity index (χ2v) is 7.07. The molecule has 3 aromatic rings. The van der Waals surface area contributed by atoms with E-state index in [0.29, 0.717) is 23.9 Å². The summed E-state index contributed by atoms with van der Waals surface area (Å²) < 4.78 is 11.0. The highest BCUT2D eigenvalue weighted by Gasteiger charge is 2.17. The van der Waals surface area contributed by atoms with Crippen molar-refractivity contribution in [1.29, 1.82) is 0 Å². The second-order valence-electron chi connectivity index (χ2n) is 6.64. The number of hydrogen-bond acceptors (Lipinski definition) is 4. The molecule has 5 nitrogen and oxygen atoms in total. The van der Waals surface area contributed by atoms with E-state index < -0.39 is 0 Å². The van der Waals surface area contributed by atoms with Gasteiger partial charge in [-0.1, -0.05) is 29.8 Å². The third kappa shape index (κ3) is 5.54. The fourth-order valence-corrected chi connectivity index (χ4v) is 2.92. The summed E-state index contributed by atoms with van der Waals surface area (Å²) in [6, 6.07) is 18.8. The molecule has 0 unspecified atom stereocenters. The molecule has 0 aliphatic heterocycles. The number of hydrogen-bond donors (Lipinski definition) is 0. The first-order valence-corrected chi connectivity index (χ1v) is 9.34. The van der Waals surface area contributed by atoms with E-state index in [1.54, 1.807) is 35.4 Å². The molecule has 6 heteroatoms. The predicted octanol–water partition coefficient (Wildman–Crippen LogP) is 4.61. The summed E-state index contributed by atoms with van der Waals surface area (Å²) in [5, 5.41) is 0.568. The minimum atomic E-state index is -0.131. The van der Waals surface area contributed by atoms with Crippen LogP contribution in [0.1, 0.15) is 11.3 Å². The van der Waals surface area contributed by atoms with Crippen molar-refractivity contribution in [2.45, 2.75) is 13.1 Å². The van der Waals surface area contributed by atoms with Gasteiger partial charge in [0.15, 0.2) is 6.61 Å². The van der Waals surface area contributed by atoms with Crippen LogP contribution in [0.5, 0.6) is 5.75 Å². The van der Waals surface area contributed by atoms with Crippen molar-refractivity contribution in [1.82, 2.24) is 4.90 Å². The van der Waals surface area contributed by atoms with E-state index in [1.807, 2.05) is 55.4 Å². The minimum absolute atomic E-state index is 0.0726. The Labute approximate surface area is 170 Å². The molecule has 1 heterocycles. The number of anilines is 1. The first-order valence-electron chi connectivity index (χ1n) is 8.96. The summed E-state index contributed by atoms with van der Waals surface area (Å²) in [6.07, 6.45) is 1.60. The molecule has 0 radical (unpaired) electrons. The molecule has 0 spiro atoms. The van der Waals surface area contributed by atoms with Crippen molar-refractivity contribution in [3.8, 4) is 5.75 Å². The van der Waals surface area contributed by atoms with E-state index in [4.69, 9.17) is 20.8 Å². The van der Waals surface area contributed by atoms with E-state index in [2.05, 4.69) is 0 Å². The zero-order valence-corrected chi connectivity index (χ0v) is 16.7. The Hall–Kier alpha value is -2.92. The van der Waals surface area contributed by atoms with Crippen LogP contribution in [0.15, 0.2) is 71.3 Å². The van der Waals surface area contributed by atoms with Crippen LogP contribution in [0.25, 0.3) is 0 Å². The number of carbonyl (C=O) groups is 1. The van der Waals surface area contributed by atoms with E-state index in [1.165, 1.54) is 0 Å². The Balaban J connectivity index is 1.69. The molecule has 1 aromatic heterocycles. The molecule has 0 fully saturated rings. The standard InChI is InChI=1S/C22H23ClN2O3/c1-24(2)19-10-8-17(9-11-19)14-25(15-21-7-4-12-27-21)22(26)16-28-20-6-3-5-18(23)13-20/h3-13H,14-16H2,1-2H3. The fraction of sp³-hybridized carbons (Fsp3) is 0.227. The topological polar surface area (TPSA) is 45.9 Å². The SMILES string of the molecule is CN(C)c1ccc(CN(Cc2ccco2)C(=O)COc2cccc(Cl)c2)cc1. The van der Waals surface area contributed by atoms with Gasteiger partial charge in [-0.15, -0.1) is 0 Å². The van der Waals surface area contributed by atoms with Crippen molar-refractivity contribution in [3.63, 3.8) is 0 Å². The zero-order chi connectivity index (χ0) is 19.9. The average Bonchev–Trinajstić information content (AvgIpc) is 3.19. The summed E-state index contributed by atoms with van der Waals surface area (Å²) >= 11 is 5.97. The quantitative estimate of drug-likeness (QED) is 0.556. The summed E-state index contributed by atoms with van der Waals surface area (Å²) in [7, 11) is 3.99. The smallest absolute Gasteiger partial charge is 0.261 e. The van der Waals surface area contributed by atoms with Crippen molar-refractivity contribution in [2.75, 3.05) is 25.6 Å². The highest BCUT2D eigenvalue weighted by Crippen LogP contribution is 2.18. The largest absolute Gasteiger partial charge is 0.484 e. The Morgan fingerprint density at radius 1 is 1.04 bits per heavy atom. The molecule has 0 saturated heterocycles. The molecule has 2 aromatic carbocycles. The van der Waals surface area contributed by atoms with Gasteiger partial charge in [-0.2, -0.15) is 0 Å². The van der Waals surface area contributed by atoms with Crippen molar-refractivity contribution >= 4 is 23.2 Å². The lowest BCUT2D eigenvalue weighted by Crippen LogP contribution is -2.34. The molecule has 0 saturated carbocycles. The Morgan fingerprint density at radius 2 is 1.82 bits per heavy atom. The van der Waals surface area contributed by atoms with Gasteiger partial charge < -0.3 is 19.0 Å². The molecule has 0 aliphatic carbocycles. The highest BCUT2D eigenvalue weighted by atomic mass is 35.5. The second kappa shape index (κ2) is 9.33. The molecule has 0 bridgehead atoms. The Morgan fingerprint density at radius 3 is 2.46 bits per heavy atom. The number of carbonyl (C=O) groups excluding carboxylic acids is 1. The maximum Gasteiger partial charge on any atom is 0.261 e. The number of amides is 1. The average molecular weight is 399 g/mol. The van der Waals surface area contributed by atoms with Crippen LogP contribution < -0.4 is 9.64 Å². The zero-order valence-electron chi connectivity index (χ0n) is 16.0. The number of halogens is 1. The van der Waals surface area contributed by atoms with Crippen LogP contribution in [0.4, 0.5) is 5.69 Å². The third-order valence-corrected chi connectivity index (χ3v) is 4.50. The van der Waals surface area contributed by atoms with Gasteiger partial charge in [-0.05, 0) is 48.0 Å².